The zero-order valence-corrected chi connectivity index (χ0v) is 8.52. The molecular formula is C8H19NOS. The van der Waals surface area contributed by atoms with E-state index >= 15 is 0 Å². The predicted octanol–water partition coefficient (Wildman–Crippen LogP) is 1.05. The molecule has 0 radical (unpaired) electrons. The van der Waals surface area contributed by atoms with Crippen LogP contribution in [0.3, 0.4) is 0 Å². The van der Waals surface area contributed by atoms with Crippen molar-refractivity contribution >= 4 is 11.8 Å². The Morgan fingerprint density at radius 1 is 1.36 bits per heavy atom. The second kappa shape index (κ2) is 6.95. The average Bonchev–Trinajstić information content (AvgIpc) is 1.97. The predicted molar refractivity (Wildman–Crippen MR) is 52.2 cm³/mol. The van der Waals surface area contributed by atoms with E-state index in [2.05, 4.69) is 25.0 Å². The second-order valence-corrected chi connectivity index (χ2v) is 3.83. The Balaban J connectivity index is 3.51. The van der Waals surface area contributed by atoms with Crippen molar-refractivity contribution in [3.63, 3.8) is 0 Å². The van der Waals surface area contributed by atoms with E-state index in [0.29, 0.717) is 6.04 Å². The van der Waals surface area contributed by atoms with Crippen molar-refractivity contribution < 1.29 is 5.11 Å². The van der Waals surface area contributed by atoms with Crippen LogP contribution in [0.2, 0.25) is 0 Å². The van der Waals surface area contributed by atoms with Crippen LogP contribution in [0, 0.1) is 0 Å². The Bertz CT molecular complexity index is 88.2. The Labute approximate surface area is 74.0 Å². The minimum absolute atomic E-state index is 0.270. The lowest BCUT2D eigenvalue weighted by atomic mass is 10.3. The lowest BCUT2D eigenvalue weighted by Gasteiger charge is -2.24. The number of aliphatic hydroxyl groups excluding tert-OH is 1. The van der Waals surface area contributed by atoms with Gasteiger partial charge in [0.15, 0.2) is 0 Å². The highest BCUT2D eigenvalue weighted by Gasteiger charge is 2.06. The maximum Gasteiger partial charge on any atom is 0.0558 e. The molecule has 3 heteroatoms. The van der Waals surface area contributed by atoms with Crippen LogP contribution in [0.25, 0.3) is 0 Å². The first-order chi connectivity index (χ1) is 5.22. The molecular weight excluding hydrogens is 158 g/mol. The Kier molecular flexibility index (Phi) is 7.12. The summed E-state index contributed by atoms with van der Waals surface area (Å²) in [6.07, 6.45) is 2.11. The van der Waals surface area contributed by atoms with Gasteiger partial charge in [0, 0.05) is 24.9 Å². The Hall–Kier alpha value is 0.270. The first-order valence-electron chi connectivity index (χ1n) is 4.06. The average molecular weight is 177 g/mol. The summed E-state index contributed by atoms with van der Waals surface area (Å²) in [5, 5.41) is 8.74. The summed E-state index contributed by atoms with van der Waals surface area (Å²) >= 11 is 1.85. The number of thioether (sulfide) groups is 1. The van der Waals surface area contributed by atoms with Gasteiger partial charge in [-0.3, -0.25) is 4.90 Å². The molecule has 0 fully saturated rings. The molecule has 0 unspecified atom stereocenters. The third-order valence-electron chi connectivity index (χ3n) is 1.70. The molecule has 0 amide bonds. The maximum atomic E-state index is 8.74. The van der Waals surface area contributed by atoms with Crippen LogP contribution >= 0.6 is 11.8 Å². The van der Waals surface area contributed by atoms with Crippen LogP contribution in [0.15, 0.2) is 0 Å². The van der Waals surface area contributed by atoms with E-state index < -0.39 is 0 Å². The zero-order chi connectivity index (χ0) is 8.69. The Morgan fingerprint density at radius 3 is 2.36 bits per heavy atom. The van der Waals surface area contributed by atoms with Crippen LogP contribution in [0.4, 0.5) is 0 Å². The molecule has 0 aliphatic heterocycles. The number of nitrogens with zero attached hydrogens (tertiary/aromatic N) is 1. The number of aliphatic hydroxyl groups is 1. The van der Waals surface area contributed by atoms with Crippen LogP contribution < -0.4 is 0 Å². The molecule has 0 aromatic rings. The Morgan fingerprint density at radius 2 is 2.00 bits per heavy atom. The topological polar surface area (TPSA) is 23.5 Å². The van der Waals surface area contributed by atoms with E-state index in [-0.39, 0.29) is 6.61 Å². The van der Waals surface area contributed by atoms with Crippen molar-refractivity contribution in [2.45, 2.75) is 19.9 Å². The van der Waals surface area contributed by atoms with E-state index in [1.807, 2.05) is 11.8 Å². The van der Waals surface area contributed by atoms with Gasteiger partial charge in [-0.15, -0.1) is 0 Å². The van der Waals surface area contributed by atoms with Gasteiger partial charge in [-0.05, 0) is 20.1 Å². The third kappa shape index (κ3) is 5.53. The van der Waals surface area contributed by atoms with E-state index in [0.717, 1.165) is 18.8 Å². The van der Waals surface area contributed by atoms with Crippen LogP contribution in [-0.2, 0) is 0 Å². The fraction of sp³-hybridized carbons (Fsp3) is 1.00. The zero-order valence-electron chi connectivity index (χ0n) is 7.71. The normalized spacial score (nSPS) is 11.5. The summed E-state index contributed by atoms with van der Waals surface area (Å²) in [7, 11) is 0. The third-order valence-corrected chi connectivity index (χ3v) is 2.29. The van der Waals surface area contributed by atoms with Crippen LogP contribution in [-0.4, -0.2) is 47.8 Å². The van der Waals surface area contributed by atoms with Crippen molar-refractivity contribution in [2.24, 2.45) is 0 Å². The molecule has 0 bridgehead atoms. The van der Waals surface area contributed by atoms with E-state index in [1.165, 1.54) is 0 Å². The van der Waals surface area contributed by atoms with Gasteiger partial charge in [0.25, 0.3) is 0 Å². The fourth-order valence-corrected chi connectivity index (χ4v) is 1.38. The van der Waals surface area contributed by atoms with Gasteiger partial charge in [-0.1, -0.05) is 0 Å². The molecule has 0 aliphatic carbocycles. The van der Waals surface area contributed by atoms with Crippen LogP contribution in [0.1, 0.15) is 13.8 Å². The quantitative estimate of drug-likeness (QED) is 0.656. The lowest BCUT2D eigenvalue weighted by molar-refractivity contribution is 0.174. The molecule has 2 nitrogen and oxygen atoms in total. The van der Waals surface area contributed by atoms with Gasteiger partial charge in [-0.25, -0.2) is 0 Å². The van der Waals surface area contributed by atoms with Crippen molar-refractivity contribution in [1.82, 2.24) is 4.90 Å². The van der Waals surface area contributed by atoms with Gasteiger partial charge in [-0.2, -0.15) is 11.8 Å². The molecule has 0 aromatic carbocycles. The summed E-state index contributed by atoms with van der Waals surface area (Å²) in [6, 6.07) is 0.550. The summed E-state index contributed by atoms with van der Waals surface area (Å²) in [5.74, 6) is 1.15. The maximum absolute atomic E-state index is 8.74. The SMILES string of the molecule is CSCCN(CCO)C(C)C. The van der Waals surface area contributed by atoms with Gasteiger partial charge < -0.3 is 5.11 Å². The molecule has 0 aromatic heterocycles. The number of hydrogen-bond donors (Lipinski definition) is 1. The fourth-order valence-electron chi connectivity index (χ4n) is 0.965. The highest BCUT2D eigenvalue weighted by molar-refractivity contribution is 7.98. The van der Waals surface area contributed by atoms with Crippen molar-refractivity contribution in [3.8, 4) is 0 Å². The monoisotopic (exact) mass is 177 g/mol. The molecule has 0 rings (SSSR count). The molecule has 0 saturated carbocycles. The molecule has 0 saturated heterocycles. The van der Waals surface area contributed by atoms with Gasteiger partial charge in [0.05, 0.1) is 6.61 Å². The largest absolute Gasteiger partial charge is 0.395 e. The van der Waals surface area contributed by atoms with Crippen molar-refractivity contribution in [3.05, 3.63) is 0 Å². The minimum Gasteiger partial charge on any atom is -0.395 e. The van der Waals surface area contributed by atoms with Gasteiger partial charge in [0.2, 0.25) is 0 Å². The summed E-state index contributed by atoms with van der Waals surface area (Å²) < 4.78 is 0. The van der Waals surface area contributed by atoms with Gasteiger partial charge >= 0.3 is 0 Å². The molecule has 0 spiro atoms. The first-order valence-corrected chi connectivity index (χ1v) is 5.45. The molecule has 0 atom stereocenters. The first kappa shape index (κ1) is 11.3. The number of hydrogen-bond acceptors (Lipinski definition) is 3. The van der Waals surface area contributed by atoms with Gasteiger partial charge in [0.1, 0.15) is 0 Å². The standard InChI is InChI=1S/C8H19NOS/c1-8(2)9(4-6-10)5-7-11-3/h8,10H,4-7H2,1-3H3. The lowest BCUT2D eigenvalue weighted by Crippen LogP contribution is -2.35. The smallest absolute Gasteiger partial charge is 0.0558 e. The second-order valence-electron chi connectivity index (χ2n) is 2.85. The number of rotatable bonds is 6. The molecule has 68 valence electrons. The molecule has 0 aliphatic rings. The van der Waals surface area contributed by atoms with E-state index in [1.54, 1.807) is 0 Å². The van der Waals surface area contributed by atoms with Crippen LogP contribution in [0.5, 0.6) is 0 Å². The summed E-state index contributed by atoms with van der Waals surface area (Å²) in [4.78, 5) is 2.29. The molecule has 11 heavy (non-hydrogen) atoms. The molecule has 1 N–H and O–H groups in total. The van der Waals surface area contributed by atoms with E-state index in [9.17, 15) is 0 Å². The van der Waals surface area contributed by atoms with Crippen molar-refractivity contribution in [1.29, 1.82) is 0 Å². The van der Waals surface area contributed by atoms with E-state index in [4.69, 9.17) is 5.11 Å². The minimum atomic E-state index is 0.270. The van der Waals surface area contributed by atoms with Crippen molar-refractivity contribution in [2.75, 3.05) is 31.7 Å². The summed E-state index contributed by atoms with van der Waals surface area (Å²) in [6.45, 7) is 6.48. The highest BCUT2D eigenvalue weighted by Crippen LogP contribution is 2.00. The summed E-state index contributed by atoms with van der Waals surface area (Å²) in [5.41, 5.74) is 0. The molecule has 0 heterocycles. The highest BCUT2D eigenvalue weighted by atomic mass is 32.2.